The summed E-state index contributed by atoms with van der Waals surface area (Å²) in [4.78, 5) is 25.7. The molecule has 1 aromatic rings. The summed E-state index contributed by atoms with van der Waals surface area (Å²) in [5, 5.41) is 2.91. The Labute approximate surface area is 143 Å². The van der Waals surface area contributed by atoms with Gasteiger partial charge in [0, 0.05) is 18.8 Å². The van der Waals surface area contributed by atoms with Crippen LogP contribution >= 0.6 is 0 Å². The molecule has 130 valence electrons. The Balaban J connectivity index is 1.64. The zero-order valence-electron chi connectivity index (χ0n) is 14.9. The van der Waals surface area contributed by atoms with Crippen molar-refractivity contribution < 1.29 is 14.3 Å². The first-order valence-electron chi connectivity index (χ1n) is 8.67. The van der Waals surface area contributed by atoms with Gasteiger partial charge in [-0.3, -0.25) is 4.79 Å². The number of carbonyl (C=O) groups is 2. The molecule has 3 rings (SSSR count). The maximum atomic E-state index is 12.1. The number of benzene rings is 1. The summed E-state index contributed by atoms with van der Waals surface area (Å²) < 4.78 is 5.45. The van der Waals surface area contributed by atoms with Gasteiger partial charge in [-0.2, -0.15) is 0 Å². The van der Waals surface area contributed by atoms with E-state index in [1.54, 1.807) is 4.90 Å². The Morgan fingerprint density at radius 1 is 1.25 bits per heavy atom. The Bertz CT molecular complexity index is 655. The van der Waals surface area contributed by atoms with Crippen LogP contribution in [0.1, 0.15) is 63.5 Å². The molecule has 1 fully saturated rings. The third-order valence-electron chi connectivity index (χ3n) is 4.81. The van der Waals surface area contributed by atoms with Crippen molar-refractivity contribution in [2.24, 2.45) is 0 Å². The third kappa shape index (κ3) is 3.40. The van der Waals surface area contributed by atoms with Crippen LogP contribution in [0.2, 0.25) is 0 Å². The summed E-state index contributed by atoms with van der Waals surface area (Å²) in [6, 6.07) is 6.27. The van der Waals surface area contributed by atoms with Gasteiger partial charge in [0.05, 0.1) is 5.92 Å². The van der Waals surface area contributed by atoms with Crippen LogP contribution in [0.5, 0.6) is 0 Å². The first-order valence-corrected chi connectivity index (χ1v) is 8.67. The molecule has 0 radical (unpaired) electrons. The first-order chi connectivity index (χ1) is 11.2. The number of amides is 2. The van der Waals surface area contributed by atoms with Crippen LogP contribution in [0, 0.1) is 0 Å². The Morgan fingerprint density at radius 2 is 1.92 bits per heavy atom. The standard InChI is InChI=1S/C19H26N2O3/c1-12-15-11-14(5-6-16(15)20-17(12)22)13-7-9-21(10-8-13)18(23)24-19(2,3)4/h5-6,11-13H,7-10H2,1-4H3,(H,20,22). The van der Waals surface area contributed by atoms with E-state index in [1.165, 1.54) is 5.56 Å². The van der Waals surface area contributed by atoms with Gasteiger partial charge in [-0.15, -0.1) is 0 Å². The van der Waals surface area contributed by atoms with E-state index in [-0.39, 0.29) is 17.9 Å². The molecule has 1 N–H and O–H groups in total. The predicted molar refractivity (Wildman–Crippen MR) is 93.3 cm³/mol. The number of fused-ring (bicyclic) bond motifs is 1. The van der Waals surface area contributed by atoms with Gasteiger partial charge in [0.2, 0.25) is 5.91 Å². The van der Waals surface area contributed by atoms with Gasteiger partial charge in [0.25, 0.3) is 0 Å². The van der Waals surface area contributed by atoms with E-state index in [4.69, 9.17) is 4.74 Å². The summed E-state index contributed by atoms with van der Waals surface area (Å²) in [7, 11) is 0. The molecule has 2 amide bonds. The fourth-order valence-corrected chi connectivity index (χ4v) is 3.41. The molecule has 5 heteroatoms. The lowest BCUT2D eigenvalue weighted by Crippen LogP contribution is -2.41. The van der Waals surface area contributed by atoms with E-state index in [0.717, 1.165) is 24.1 Å². The lowest BCUT2D eigenvalue weighted by molar-refractivity contribution is -0.116. The van der Waals surface area contributed by atoms with Crippen molar-refractivity contribution >= 4 is 17.7 Å². The number of hydrogen-bond acceptors (Lipinski definition) is 3. The van der Waals surface area contributed by atoms with Gasteiger partial charge in [-0.25, -0.2) is 4.79 Å². The van der Waals surface area contributed by atoms with Crippen LogP contribution in [0.15, 0.2) is 18.2 Å². The van der Waals surface area contributed by atoms with Crippen molar-refractivity contribution in [2.75, 3.05) is 18.4 Å². The lowest BCUT2D eigenvalue weighted by atomic mass is 9.87. The molecule has 2 aliphatic rings. The van der Waals surface area contributed by atoms with E-state index in [2.05, 4.69) is 17.4 Å². The summed E-state index contributed by atoms with van der Waals surface area (Å²) in [6.45, 7) is 9.03. The van der Waals surface area contributed by atoms with E-state index in [9.17, 15) is 9.59 Å². The van der Waals surface area contributed by atoms with Gasteiger partial charge in [0.1, 0.15) is 5.60 Å². The number of anilines is 1. The molecule has 0 saturated carbocycles. The average molecular weight is 330 g/mol. The number of nitrogens with one attached hydrogen (secondary N) is 1. The molecule has 2 aliphatic heterocycles. The van der Waals surface area contributed by atoms with Crippen molar-refractivity contribution in [1.82, 2.24) is 4.90 Å². The zero-order valence-corrected chi connectivity index (χ0v) is 14.9. The monoisotopic (exact) mass is 330 g/mol. The SMILES string of the molecule is CC1C(=O)Nc2ccc(C3CCN(C(=O)OC(C)(C)C)CC3)cc21. The molecule has 24 heavy (non-hydrogen) atoms. The van der Waals surface area contributed by atoms with Gasteiger partial charge in [-0.05, 0) is 63.6 Å². The number of hydrogen-bond donors (Lipinski definition) is 1. The summed E-state index contributed by atoms with van der Waals surface area (Å²) in [5.74, 6) is 0.417. The number of piperidine rings is 1. The van der Waals surface area contributed by atoms with Gasteiger partial charge in [-0.1, -0.05) is 12.1 Å². The van der Waals surface area contributed by atoms with Gasteiger partial charge >= 0.3 is 6.09 Å². The molecule has 1 aromatic carbocycles. The van der Waals surface area contributed by atoms with Crippen molar-refractivity contribution in [3.05, 3.63) is 29.3 Å². The Kier molecular flexibility index (Phi) is 4.28. The molecule has 0 spiro atoms. The molecule has 0 bridgehead atoms. The van der Waals surface area contributed by atoms with Crippen LogP contribution in [-0.4, -0.2) is 35.6 Å². The second-order valence-electron chi connectivity index (χ2n) is 7.80. The van der Waals surface area contributed by atoms with Crippen LogP contribution in [0.3, 0.4) is 0 Å². The van der Waals surface area contributed by atoms with E-state index >= 15 is 0 Å². The van der Waals surface area contributed by atoms with Crippen molar-refractivity contribution in [3.63, 3.8) is 0 Å². The Hall–Kier alpha value is -2.04. The highest BCUT2D eigenvalue weighted by molar-refractivity contribution is 6.02. The Morgan fingerprint density at radius 3 is 2.54 bits per heavy atom. The minimum atomic E-state index is -0.455. The maximum absolute atomic E-state index is 12.1. The topological polar surface area (TPSA) is 58.6 Å². The lowest BCUT2D eigenvalue weighted by Gasteiger charge is -2.33. The second kappa shape index (κ2) is 6.11. The third-order valence-corrected chi connectivity index (χ3v) is 4.81. The van der Waals surface area contributed by atoms with E-state index < -0.39 is 5.60 Å². The maximum Gasteiger partial charge on any atom is 0.410 e. The molecule has 0 aromatic heterocycles. The predicted octanol–water partition coefficient (Wildman–Crippen LogP) is 3.86. The molecule has 2 heterocycles. The number of likely N-dealkylation sites (tertiary alicyclic amines) is 1. The van der Waals surface area contributed by atoms with Gasteiger partial charge in [0.15, 0.2) is 0 Å². The average Bonchev–Trinajstić information content (AvgIpc) is 2.80. The van der Waals surface area contributed by atoms with Gasteiger partial charge < -0.3 is 15.0 Å². The van der Waals surface area contributed by atoms with Crippen LogP contribution in [-0.2, 0) is 9.53 Å². The highest BCUT2D eigenvalue weighted by Gasteiger charge is 2.30. The zero-order chi connectivity index (χ0) is 17.5. The normalized spacial score (nSPS) is 21.4. The summed E-state index contributed by atoms with van der Waals surface area (Å²) in [5.41, 5.74) is 2.83. The highest BCUT2D eigenvalue weighted by Crippen LogP contribution is 2.37. The molecular weight excluding hydrogens is 304 g/mol. The van der Waals surface area contributed by atoms with E-state index in [1.807, 2.05) is 33.8 Å². The number of nitrogens with zero attached hydrogens (tertiary/aromatic N) is 1. The smallest absolute Gasteiger partial charge is 0.410 e. The van der Waals surface area contributed by atoms with Crippen LogP contribution < -0.4 is 5.32 Å². The quantitative estimate of drug-likeness (QED) is 0.850. The van der Waals surface area contributed by atoms with Crippen molar-refractivity contribution in [1.29, 1.82) is 0 Å². The largest absolute Gasteiger partial charge is 0.444 e. The summed E-state index contributed by atoms with van der Waals surface area (Å²) >= 11 is 0. The first kappa shape index (κ1) is 16.8. The number of rotatable bonds is 1. The second-order valence-corrected chi connectivity index (χ2v) is 7.80. The fraction of sp³-hybridized carbons (Fsp3) is 0.579. The number of ether oxygens (including phenoxy) is 1. The van der Waals surface area contributed by atoms with Crippen molar-refractivity contribution in [2.45, 2.75) is 58.0 Å². The molecule has 1 atom stereocenters. The minimum Gasteiger partial charge on any atom is -0.444 e. The van der Waals surface area contributed by atoms with Crippen LogP contribution in [0.25, 0.3) is 0 Å². The number of carbonyl (C=O) groups excluding carboxylic acids is 2. The highest BCUT2D eigenvalue weighted by atomic mass is 16.6. The molecule has 1 saturated heterocycles. The van der Waals surface area contributed by atoms with E-state index in [0.29, 0.717) is 19.0 Å². The molecule has 1 unspecified atom stereocenters. The molecule has 5 nitrogen and oxygen atoms in total. The minimum absolute atomic E-state index is 0.0712. The van der Waals surface area contributed by atoms with Crippen molar-refractivity contribution in [3.8, 4) is 0 Å². The molecule has 0 aliphatic carbocycles. The molecular formula is C19H26N2O3. The fourth-order valence-electron chi connectivity index (χ4n) is 3.41. The van der Waals surface area contributed by atoms with Crippen LogP contribution in [0.4, 0.5) is 10.5 Å². The summed E-state index contributed by atoms with van der Waals surface area (Å²) in [6.07, 6.45) is 1.63.